The van der Waals surface area contributed by atoms with Gasteiger partial charge < -0.3 is 0 Å². The number of hydrogen-bond acceptors (Lipinski definition) is 1. The van der Waals surface area contributed by atoms with Gasteiger partial charge in [0.2, 0.25) is 0 Å². The SMILES string of the molecule is CC=C=NCCC. The van der Waals surface area contributed by atoms with Gasteiger partial charge in [-0.05, 0) is 25.3 Å². The van der Waals surface area contributed by atoms with Crippen LogP contribution in [0.3, 0.4) is 0 Å². The van der Waals surface area contributed by atoms with Crippen molar-refractivity contribution in [2.75, 3.05) is 6.54 Å². The van der Waals surface area contributed by atoms with E-state index in [-0.39, 0.29) is 0 Å². The maximum Gasteiger partial charge on any atom is 0.0481 e. The molecule has 1 nitrogen and oxygen atoms in total. The van der Waals surface area contributed by atoms with E-state index in [9.17, 15) is 0 Å². The monoisotopic (exact) mass is 97.1 g/mol. The van der Waals surface area contributed by atoms with Crippen molar-refractivity contribution in [2.24, 2.45) is 4.99 Å². The Bertz CT molecular complexity index is 78.2. The van der Waals surface area contributed by atoms with Gasteiger partial charge in [-0.25, -0.2) is 4.99 Å². The van der Waals surface area contributed by atoms with Crippen LogP contribution in [0.2, 0.25) is 0 Å². The van der Waals surface area contributed by atoms with Crippen LogP contribution in [-0.2, 0) is 0 Å². The highest BCUT2D eigenvalue weighted by atomic mass is 14.7. The Balaban J connectivity index is 3.10. The quantitative estimate of drug-likeness (QED) is 0.464. The molecule has 0 radical (unpaired) electrons. The van der Waals surface area contributed by atoms with Gasteiger partial charge in [0.05, 0.1) is 0 Å². The summed E-state index contributed by atoms with van der Waals surface area (Å²) >= 11 is 0. The van der Waals surface area contributed by atoms with Crippen LogP contribution in [0.5, 0.6) is 0 Å². The molecule has 1 heteroatoms. The lowest BCUT2D eigenvalue weighted by Gasteiger charge is -1.75. The second-order valence-electron chi connectivity index (χ2n) is 1.30. The van der Waals surface area contributed by atoms with Crippen LogP contribution in [0, 0.1) is 0 Å². The average molecular weight is 97.2 g/mol. The van der Waals surface area contributed by atoms with E-state index in [0.29, 0.717) is 0 Å². The van der Waals surface area contributed by atoms with Crippen LogP contribution in [0.4, 0.5) is 0 Å². The maximum atomic E-state index is 3.90. The molecule has 0 aliphatic carbocycles. The van der Waals surface area contributed by atoms with Crippen LogP contribution >= 0.6 is 0 Å². The highest BCUT2D eigenvalue weighted by Crippen LogP contribution is 1.72. The lowest BCUT2D eigenvalue weighted by atomic mass is 10.5. The molecule has 0 heterocycles. The maximum absolute atomic E-state index is 3.90. The molecular weight excluding hydrogens is 86.1 g/mol. The van der Waals surface area contributed by atoms with Crippen LogP contribution in [-0.4, -0.2) is 12.4 Å². The van der Waals surface area contributed by atoms with Crippen molar-refractivity contribution in [3.8, 4) is 0 Å². The van der Waals surface area contributed by atoms with Crippen LogP contribution in [0.15, 0.2) is 11.1 Å². The van der Waals surface area contributed by atoms with E-state index in [2.05, 4.69) is 17.8 Å². The number of nitrogens with zero attached hydrogens (tertiary/aromatic N) is 1. The molecule has 7 heavy (non-hydrogen) atoms. The molecule has 0 fully saturated rings. The molecule has 0 amide bonds. The van der Waals surface area contributed by atoms with E-state index in [1.807, 2.05) is 13.0 Å². The van der Waals surface area contributed by atoms with E-state index < -0.39 is 0 Å². The van der Waals surface area contributed by atoms with Gasteiger partial charge in [-0.2, -0.15) is 0 Å². The highest BCUT2D eigenvalue weighted by molar-refractivity contribution is 5.50. The van der Waals surface area contributed by atoms with E-state index in [0.717, 1.165) is 13.0 Å². The summed E-state index contributed by atoms with van der Waals surface area (Å²) in [7, 11) is 0. The number of rotatable bonds is 2. The van der Waals surface area contributed by atoms with E-state index in [1.54, 1.807) is 0 Å². The molecule has 0 aromatic rings. The lowest BCUT2D eigenvalue weighted by molar-refractivity contribution is 0.938. The third kappa shape index (κ3) is 5.45. The molecule has 0 rings (SSSR count). The first-order chi connectivity index (χ1) is 3.41. The van der Waals surface area contributed by atoms with Gasteiger partial charge in [0.25, 0.3) is 0 Å². The van der Waals surface area contributed by atoms with Gasteiger partial charge >= 0.3 is 0 Å². The Morgan fingerprint density at radius 2 is 2.43 bits per heavy atom. The minimum absolute atomic E-state index is 0.907. The molecule has 0 bridgehead atoms. The zero-order valence-corrected chi connectivity index (χ0v) is 4.94. The average Bonchev–Trinajstić information content (AvgIpc) is 1.69. The molecule has 0 spiro atoms. The molecule has 0 atom stereocenters. The summed E-state index contributed by atoms with van der Waals surface area (Å²) < 4.78 is 0. The summed E-state index contributed by atoms with van der Waals surface area (Å²) in [6, 6.07) is 0. The molecule has 0 N–H and O–H groups in total. The summed E-state index contributed by atoms with van der Waals surface area (Å²) in [6.07, 6.45) is 2.93. The van der Waals surface area contributed by atoms with Crippen molar-refractivity contribution < 1.29 is 0 Å². The molecule has 0 aromatic carbocycles. The first-order valence-electron chi connectivity index (χ1n) is 2.61. The molecule has 0 saturated carbocycles. The van der Waals surface area contributed by atoms with Gasteiger partial charge in [0, 0.05) is 6.54 Å². The second kappa shape index (κ2) is 5.45. The van der Waals surface area contributed by atoms with Gasteiger partial charge in [-0.1, -0.05) is 6.92 Å². The van der Waals surface area contributed by atoms with Crippen molar-refractivity contribution in [2.45, 2.75) is 20.3 Å². The topological polar surface area (TPSA) is 12.4 Å². The van der Waals surface area contributed by atoms with Gasteiger partial charge in [0.1, 0.15) is 0 Å². The fourth-order valence-corrected chi connectivity index (χ4v) is 0.268. The first kappa shape index (κ1) is 6.45. The second-order valence-corrected chi connectivity index (χ2v) is 1.30. The molecule has 0 unspecified atom stereocenters. The third-order valence-corrected chi connectivity index (χ3v) is 0.556. The zero-order chi connectivity index (χ0) is 5.54. The molecule has 40 valence electrons. The number of allylic oxidation sites excluding steroid dienone is 1. The summed E-state index contributed by atoms with van der Waals surface area (Å²) in [4.78, 5) is 3.90. The standard InChI is InChI=1S/C6H11N/c1-3-5-7-6-4-2/h3H,4,6H2,1-2H3. The first-order valence-corrected chi connectivity index (χ1v) is 2.61. The summed E-state index contributed by atoms with van der Waals surface area (Å²) in [5.41, 5.74) is 0. The lowest BCUT2D eigenvalue weighted by Crippen LogP contribution is -1.69. The van der Waals surface area contributed by atoms with Gasteiger partial charge in [-0.3, -0.25) is 0 Å². The predicted molar refractivity (Wildman–Crippen MR) is 32.8 cm³/mol. The fraction of sp³-hybridized carbons (Fsp3) is 0.667. The van der Waals surface area contributed by atoms with E-state index >= 15 is 0 Å². The van der Waals surface area contributed by atoms with E-state index in [4.69, 9.17) is 0 Å². The Hall–Kier alpha value is -0.550. The number of aliphatic imine (C=N–C) groups is 1. The molecule has 0 aromatic heterocycles. The highest BCUT2D eigenvalue weighted by Gasteiger charge is 1.65. The van der Waals surface area contributed by atoms with Crippen molar-refractivity contribution in [1.29, 1.82) is 0 Å². The third-order valence-electron chi connectivity index (χ3n) is 0.556. The molecule has 0 saturated heterocycles. The summed E-state index contributed by atoms with van der Waals surface area (Å²) in [5, 5.41) is 0. The predicted octanol–water partition coefficient (Wildman–Crippen LogP) is 1.64. The van der Waals surface area contributed by atoms with Crippen molar-refractivity contribution in [3.05, 3.63) is 6.08 Å². The fourth-order valence-electron chi connectivity index (χ4n) is 0.268. The van der Waals surface area contributed by atoms with Crippen molar-refractivity contribution in [3.63, 3.8) is 0 Å². The van der Waals surface area contributed by atoms with Crippen molar-refractivity contribution in [1.82, 2.24) is 0 Å². The Morgan fingerprint density at radius 1 is 1.71 bits per heavy atom. The minimum Gasteiger partial charge on any atom is -0.243 e. The molecular formula is C6H11N. The Kier molecular flexibility index (Phi) is 5.02. The molecule has 0 aliphatic rings. The molecule has 0 aliphatic heterocycles. The minimum atomic E-state index is 0.907. The van der Waals surface area contributed by atoms with Gasteiger partial charge in [-0.15, -0.1) is 0 Å². The van der Waals surface area contributed by atoms with Crippen molar-refractivity contribution >= 4 is 5.87 Å². The number of hydrogen-bond donors (Lipinski definition) is 0. The zero-order valence-electron chi connectivity index (χ0n) is 4.94. The normalized spacial score (nSPS) is 7.14. The summed E-state index contributed by atoms with van der Waals surface area (Å²) in [6.45, 7) is 4.92. The van der Waals surface area contributed by atoms with E-state index in [1.165, 1.54) is 0 Å². The summed E-state index contributed by atoms with van der Waals surface area (Å²) in [5.74, 6) is 2.75. The smallest absolute Gasteiger partial charge is 0.0481 e. The van der Waals surface area contributed by atoms with Crippen LogP contribution in [0.1, 0.15) is 20.3 Å². The largest absolute Gasteiger partial charge is 0.243 e. The van der Waals surface area contributed by atoms with Gasteiger partial charge in [0.15, 0.2) is 0 Å². The Labute approximate surface area is 44.8 Å². The van der Waals surface area contributed by atoms with Crippen LogP contribution in [0.25, 0.3) is 0 Å². The Morgan fingerprint density at radius 3 is 2.86 bits per heavy atom. The van der Waals surface area contributed by atoms with Crippen LogP contribution < -0.4 is 0 Å².